The first-order valence-electron chi connectivity index (χ1n) is 23.4. The van der Waals surface area contributed by atoms with Gasteiger partial charge in [0, 0.05) is 19.3 Å². The highest BCUT2D eigenvalue weighted by Crippen LogP contribution is 2.13. The molecule has 0 spiro atoms. The van der Waals surface area contributed by atoms with Gasteiger partial charge in [-0.05, 0) is 103 Å². The van der Waals surface area contributed by atoms with Crippen LogP contribution in [0.1, 0.15) is 213 Å². The monoisotopic (exact) mass is 795 g/mol. The van der Waals surface area contributed by atoms with Gasteiger partial charge in [0.05, 0.1) is 0 Å². The van der Waals surface area contributed by atoms with Crippen LogP contribution in [0.2, 0.25) is 0 Å². The van der Waals surface area contributed by atoms with Crippen molar-refractivity contribution in [3.05, 3.63) is 72.9 Å². The largest absolute Gasteiger partial charge is 0.462 e. The van der Waals surface area contributed by atoms with Crippen molar-refractivity contribution in [3.63, 3.8) is 0 Å². The molecule has 57 heavy (non-hydrogen) atoms. The van der Waals surface area contributed by atoms with Crippen molar-refractivity contribution in [2.45, 2.75) is 219 Å². The van der Waals surface area contributed by atoms with Crippen LogP contribution in [0.5, 0.6) is 0 Å². The smallest absolute Gasteiger partial charge is 0.306 e. The number of rotatable bonds is 41. The van der Waals surface area contributed by atoms with Gasteiger partial charge in [-0.25, -0.2) is 0 Å². The highest BCUT2D eigenvalue weighted by Gasteiger charge is 2.19. The molecule has 0 radical (unpaired) electrons. The van der Waals surface area contributed by atoms with E-state index in [1.165, 1.54) is 38.5 Å². The number of ether oxygens (including phenoxy) is 3. The van der Waals surface area contributed by atoms with E-state index in [0.29, 0.717) is 19.3 Å². The molecule has 0 amide bonds. The number of allylic oxidation sites excluding steroid dienone is 12. The van der Waals surface area contributed by atoms with Crippen LogP contribution in [0.4, 0.5) is 0 Å². The van der Waals surface area contributed by atoms with Crippen LogP contribution in [0.25, 0.3) is 0 Å². The van der Waals surface area contributed by atoms with E-state index in [0.717, 1.165) is 135 Å². The number of esters is 3. The van der Waals surface area contributed by atoms with Crippen LogP contribution < -0.4 is 0 Å². The van der Waals surface area contributed by atoms with Gasteiger partial charge in [-0.15, -0.1) is 0 Å². The molecular weight excluding hydrogens is 709 g/mol. The Kier molecular flexibility index (Phi) is 43.0. The summed E-state index contributed by atoms with van der Waals surface area (Å²) >= 11 is 0. The van der Waals surface area contributed by atoms with Gasteiger partial charge in [0.25, 0.3) is 0 Å². The van der Waals surface area contributed by atoms with E-state index in [2.05, 4.69) is 93.7 Å². The van der Waals surface area contributed by atoms with E-state index in [1.54, 1.807) is 0 Å². The molecule has 0 aromatic rings. The molecule has 0 fully saturated rings. The van der Waals surface area contributed by atoms with Crippen LogP contribution in [0.15, 0.2) is 72.9 Å². The van der Waals surface area contributed by atoms with Crippen LogP contribution in [0.3, 0.4) is 0 Å². The molecule has 0 rings (SSSR count). The zero-order valence-corrected chi connectivity index (χ0v) is 37.1. The first-order valence-corrected chi connectivity index (χ1v) is 23.4. The lowest BCUT2D eigenvalue weighted by Crippen LogP contribution is -2.30. The molecular formula is C51H86O6. The molecule has 0 saturated heterocycles. The van der Waals surface area contributed by atoms with Gasteiger partial charge in [-0.1, -0.05) is 164 Å². The van der Waals surface area contributed by atoms with Gasteiger partial charge in [0.15, 0.2) is 6.10 Å². The Balaban J connectivity index is 4.46. The van der Waals surface area contributed by atoms with E-state index < -0.39 is 6.10 Å². The van der Waals surface area contributed by atoms with Gasteiger partial charge in [0.1, 0.15) is 13.2 Å². The Labute approximate surface area is 351 Å². The van der Waals surface area contributed by atoms with Gasteiger partial charge in [-0.3, -0.25) is 14.4 Å². The van der Waals surface area contributed by atoms with E-state index in [-0.39, 0.29) is 31.1 Å². The second kappa shape index (κ2) is 45.6. The molecule has 1 atom stereocenters. The van der Waals surface area contributed by atoms with Crippen molar-refractivity contribution < 1.29 is 28.6 Å². The van der Waals surface area contributed by atoms with Crippen molar-refractivity contribution in [2.75, 3.05) is 13.2 Å². The predicted molar refractivity (Wildman–Crippen MR) is 242 cm³/mol. The summed E-state index contributed by atoms with van der Waals surface area (Å²) in [4.78, 5) is 37.8. The first-order chi connectivity index (χ1) is 28.0. The lowest BCUT2D eigenvalue weighted by atomic mass is 10.1. The number of unbranched alkanes of at least 4 members (excludes halogenated alkanes) is 18. The summed E-state index contributed by atoms with van der Waals surface area (Å²) in [6.45, 7) is 6.34. The molecule has 0 saturated carbocycles. The van der Waals surface area contributed by atoms with Crippen LogP contribution in [-0.4, -0.2) is 37.2 Å². The average Bonchev–Trinajstić information content (AvgIpc) is 3.21. The zero-order chi connectivity index (χ0) is 41.5. The fourth-order valence-electron chi connectivity index (χ4n) is 6.19. The standard InChI is InChI=1S/C51H86O6/c1-4-7-10-13-16-19-22-25-27-29-32-35-38-41-44-50(53)56-47-48(46-55-49(52)43-40-37-34-31-28-24-21-18-15-12-9-6-3)57-51(54)45-42-39-36-33-30-26-23-20-17-14-11-8-5-2/h7,9-10,12,16,18-19,21,25-27,30,48H,4-6,8,11,13-15,17,20,22-24,28-29,31-47H2,1-3H3/b10-7-,12-9-,19-16-,21-18-,27-25-,30-26-. The Morgan fingerprint density at radius 1 is 0.368 bits per heavy atom. The van der Waals surface area contributed by atoms with Crippen LogP contribution >= 0.6 is 0 Å². The molecule has 0 aromatic heterocycles. The molecule has 0 bridgehead atoms. The highest BCUT2D eigenvalue weighted by atomic mass is 16.6. The Hall–Kier alpha value is -3.15. The quantitative estimate of drug-likeness (QED) is 0.0265. The van der Waals surface area contributed by atoms with Crippen molar-refractivity contribution in [1.29, 1.82) is 0 Å². The maximum Gasteiger partial charge on any atom is 0.306 e. The second-order valence-electron chi connectivity index (χ2n) is 15.2. The number of hydrogen-bond donors (Lipinski definition) is 0. The Morgan fingerprint density at radius 2 is 0.684 bits per heavy atom. The number of hydrogen-bond acceptors (Lipinski definition) is 6. The molecule has 6 nitrogen and oxygen atoms in total. The highest BCUT2D eigenvalue weighted by molar-refractivity contribution is 5.71. The van der Waals surface area contributed by atoms with Crippen molar-refractivity contribution in [2.24, 2.45) is 0 Å². The minimum absolute atomic E-state index is 0.0970. The van der Waals surface area contributed by atoms with Crippen LogP contribution in [-0.2, 0) is 28.6 Å². The van der Waals surface area contributed by atoms with Gasteiger partial charge in [0.2, 0.25) is 0 Å². The summed E-state index contributed by atoms with van der Waals surface area (Å²) in [5.74, 6) is -0.954. The summed E-state index contributed by atoms with van der Waals surface area (Å²) in [5.41, 5.74) is 0. The summed E-state index contributed by atoms with van der Waals surface area (Å²) in [7, 11) is 0. The summed E-state index contributed by atoms with van der Waals surface area (Å²) in [6.07, 6.45) is 56.0. The minimum atomic E-state index is -0.796. The molecule has 6 heteroatoms. The topological polar surface area (TPSA) is 78.9 Å². The second-order valence-corrected chi connectivity index (χ2v) is 15.2. The van der Waals surface area contributed by atoms with E-state index in [9.17, 15) is 14.4 Å². The SMILES string of the molecule is CC/C=C\C/C=C\C/C=C\CCCCCCC(=O)OCC(COC(=O)CCCCCCC/C=C\C/C=C\CC)OC(=O)CCCCC/C=C\CCCCCCCC. The molecule has 1 unspecified atom stereocenters. The predicted octanol–water partition coefficient (Wildman–Crippen LogP) is 15.1. The molecule has 0 aliphatic heterocycles. The van der Waals surface area contributed by atoms with Gasteiger partial charge < -0.3 is 14.2 Å². The number of carbonyl (C=O) groups excluding carboxylic acids is 3. The van der Waals surface area contributed by atoms with E-state index in [4.69, 9.17) is 14.2 Å². The van der Waals surface area contributed by atoms with E-state index >= 15 is 0 Å². The summed E-state index contributed by atoms with van der Waals surface area (Å²) in [5, 5.41) is 0. The minimum Gasteiger partial charge on any atom is -0.462 e. The molecule has 0 aromatic carbocycles. The summed E-state index contributed by atoms with van der Waals surface area (Å²) < 4.78 is 16.7. The van der Waals surface area contributed by atoms with Crippen molar-refractivity contribution in [1.82, 2.24) is 0 Å². The molecule has 0 N–H and O–H groups in total. The normalized spacial score (nSPS) is 12.7. The molecule has 326 valence electrons. The fourth-order valence-corrected chi connectivity index (χ4v) is 6.19. The maximum absolute atomic E-state index is 12.7. The fraction of sp³-hybridized carbons (Fsp3) is 0.706. The third-order valence-electron chi connectivity index (χ3n) is 9.68. The zero-order valence-electron chi connectivity index (χ0n) is 37.1. The average molecular weight is 795 g/mol. The Bertz CT molecular complexity index is 1100. The molecule has 0 aliphatic carbocycles. The number of carbonyl (C=O) groups is 3. The first kappa shape index (κ1) is 53.9. The summed E-state index contributed by atoms with van der Waals surface area (Å²) in [6, 6.07) is 0. The van der Waals surface area contributed by atoms with Gasteiger partial charge in [-0.2, -0.15) is 0 Å². The van der Waals surface area contributed by atoms with Gasteiger partial charge >= 0.3 is 17.9 Å². The lowest BCUT2D eigenvalue weighted by Gasteiger charge is -2.18. The van der Waals surface area contributed by atoms with E-state index in [1.807, 2.05) is 0 Å². The third-order valence-corrected chi connectivity index (χ3v) is 9.68. The van der Waals surface area contributed by atoms with Crippen molar-refractivity contribution in [3.8, 4) is 0 Å². The molecule has 0 heterocycles. The van der Waals surface area contributed by atoms with Crippen molar-refractivity contribution >= 4 is 17.9 Å². The Morgan fingerprint density at radius 3 is 1.11 bits per heavy atom. The van der Waals surface area contributed by atoms with Crippen LogP contribution in [0, 0.1) is 0 Å². The third kappa shape index (κ3) is 43.8. The maximum atomic E-state index is 12.7. The molecule has 0 aliphatic rings. The lowest BCUT2D eigenvalue weighted by molar-refractivity contribution is -0.167.